The first-order valence-corrected chi connectivity index (χ1v) is 8.72. The lowest BCUT2D eigenvalue weighted by atomic mass is 9.76. The minimum atomic E-state index is -1.84. The zero-order valence-electron chi connectivity index (χ0n) is 14.3. The molecule has 1 heterocycles. The molecule has 1 atom stereocenters. The van der Waals surface area contributed by atoms with Crippen LogP contribution >= 0.6 is 11.6 Å². The number of ketones is 2. The Morgan fingerprint density at radius 2 is 1.96 bits per heavy atom. The molecule has 144 valence electrons. The number of fused-ring (bicyclic) bond motifs is 3. The predicted molar refractivity (Wildman–Crippen MR) is 95.3 cm³/mol. The minimum Gasteiger partial charge on any atom is -0.510 e. The quantitative estimate of drug-likeness (QED) is 0.587. The smallest absolute Gasteiger partial charge is 0.290 e. The van der Waals surface area contributed by atoms with E-state index in [0.29, 0.717) is 0 Å². The molecule has 0 saturated carbocycles. The number of allylic oxidation sites excluding steroid dienone is 3. The average molecular weight is 404 g/mol. The number of aliphatic hydroxyl groups is 2. The lowest BCUT2D eigenvalue weighted by molar-refractivity contribution is -0.124. The zero-order chi connectivity index (χ0) is 20.2. The lowest BCUT2D eigenvalue weighted by Gasteiger charge is -2.38. The molecule has 0 spiro atoms. The number of phenols is 1. The van der Waals surface area contributed by atoms with Crippen molar-refractivity contribution < 1.29 is 34.4 Å². The van der Waals surface area contributed by atoms with Gasteiger partial charge in [0.15, 0.2) is 17.1 Å². The van der Waals surface area contributed by atoms with E-state index < -0.39 is 29.7 Å². The van der Waals surface area contributed by atoms with Crippen molar-refractivity contribution in [2.45, 2.75) is 18.4 Å². The van der Waals surface area contributed by atoms with Gasteiger partial charge in [-0.25, -0.2) is 0 Å². The number of aliphatic hydroxyl groups excluding tert-OH is 1. The van der Waals surface area contributed by atoms with Gasteiger partial charge in [0.2, 0.25) is 5.78 Å². The van der Waals surface area contributed by atoms with Crippen molar-refractivity contribution in [3.05, 3.63) is 63.2 Å². The number of rotatable bonds is 2. The number of phenolic OH excluding ortho intramolecular Hbond substituents is 1. The van der Waals surface area contributed by atoms with Crippen molar-refractivity contribution in [1.82, 2.24) is 5.32 Å². The van der Waals surface area contributed by atoms with E-state index in [-0.39, 0.29) is 57.5 Å². The third-order valence-electron chi connectivity index (χ3n) is 4.93. The van der Waals surface area contributed by atoms with Gasteiger partial charge in [0.25, 0.3) is 5.91 Å². The summed E-state index contributed by atoms with van der Waals surface area (Å²) in [4.78, 5) is 36.7. The number of carbonyl (C=O) groups is 3. The van der Waals surface area contributed by atoms with Crippen molar-refractivity contribution in [1.29, 1.82) is 0 Å². The number of ether oxygens (including phenoxy) is 1. The van der Waals surface area contributed by atoms with Gasteiger partial charge in [-0.05, 0) is 12.1 Å². The number of aromatic hydroxyl groups is 1. The third kappa shape index (κ3) is 2.53. The Hall–Kier alpha value is -3.10. The Bertz CT molecular complexity index is 1050. The van der Waals surface area contributed by atoms with Crippen LogP contribution in [0.25, 0.3) is 0 Å². The highest BCUT2D eigenvalue weighted by Crippen LogP contribution is 2.46. The molecule has 1 amide bonds. The topological polar surface area (TPSA) is 133 Å². The molecule has 28 heavy (non-hydrogen) atoms. The molecule has 1 aromatic carbocycles. The van der Waals surface area contributed by atoms with Gasteiger partial charge in [-0.2, -0.15) is 0 Å². The van der Waals surface area contributed by atoms with E-state index >= 15 is 0 Å². The van der Waals surface area contributed by atoms with Gasteiger partial charge in [0.05, 0.1) is 10.6 Å². The normalized spacial score (nSPS) is 23.9. The van der Waals surface area contributed by atoms with E-state index in [4.69, 9.17) is 16.3 Å². The molecule has 0 fully saturated rings. The van der Waals surface area contributed by atoms with E-state index in [0.717, 1.165) is 6.08 Å². The van der Waals surface area contributed by atoms with E-state index in [1.54, 1.807) is 0 Å². The summed E-state index contributed by atoms with van der Waals surface area (Å²) < 4.78 is 5.37. The monoisotopic (exact) mass is 403 g/mol. The Balaban J connectivity index is 1.74. The molecule has 0 bridgehead atoms. The van der Waals surface area contributed by atoms with Crippen LogP contribution in [0.5, 0.6) is 5.75 Å². The average Bonchev–Trinajstić information content (AvgIpc) is 2.98. The Labute approximate surface area is 163 Å². The highest BCUT2D eigenvalue weighted by molar-refractivity contribution is 6.46. The maximum Gasteiger partial charge on any atom is 0.290 e. The van der Waals surface area contributed by atoms with Crippen LogP contribution in [0.2, 0.25) is 0 Å². The first-order valence-electron chi connectivity index (χ1n) is 8.35. The largest absolute Gasteiger partial charge is 0.510 e. The van der Waals surface area contributed by atoms with E-state index in [1.165, 1.54) is 18.2 Å². The van der Waals surface area contributed by atoms with Crippen molar-refractivity contribution in [3.63, 3.8) is 0 Å². The van der Waals surface area contributed by atoms with Crippen molar-refractivity contribution >= 4 is 29.1 Å². The second-order valence-corrected chi connectivity index (χ2v) is 6.99. The Kier molecular flexibility index (Phi) is 4.06. The van der Waals surface area contributed by atoms with E-state index in [1.807, 2.05) is 0 Å². The van der Waals surface area contributed by atoms with Gasteiger partial charge in [-0.3, -0.25) is 14.4 Å². The van der Waals surface area contributed by atoms with Crippen LogP contribution in [0.3, 0.4) is 0 Å². The number of nitrogens with one attached hydrogen (secondary N) is 1. The molecular formula is C19H14ClNO7. The van der Waals surface area contributed by atoms with Gasteiger partial charge in [-0.1, -0.05) is 23.7 Å². The molecule has 4 N–H and O–H groups in total. The molecule has 0 saturated heterocycles. The SMILES string of the molecule is O=C1CCC(O)=C1NC(=O)C1=CC2=C(Cl)C(=O)c3c(O)cccc3[C@@]2(O)CO1. The molecule has 0 radical (unpaired) electrons. The summed E-state index contributed by atoms with van der Waals surface area (Å²) in [5.74, 6) is -2.77. The molecule has 1 aliphatic heterocycles. The number of hydrogen-bond acceptors (Lipinski definition) is 7. The van der Waals surface area contributed by atoms with Crippen molar-refractivity contribution in [3.8, 4) is 5.75 Å². The number of amides is 1. The van der Waals surface area contributed by atoms with Crippen LogP contribution in [0.1, 0.15) is 28.8 Å². The standard InChI is InChI=1S/C19H14ClNO7/c20-15-9-6-13(18(26)21-16-11(23)4-5-12(16)24)28-7-19(9,27)8-2-1-3-10(22)14(8)17(15)25/h1-3,6,22-23,27H,4-5,7H2,(H,21,26)/t19-/m0/s1. The summed E-state index contributed by atoms with van der Waals surface area (Å²) in [6.45, 7) is -0.444. The fraction of sp³-hybridized carbons (Fsp3) is 0.211. The van der Waals surface area contributed by atoms with Gasteiger partial charge in [0.1, 0.15) is 23.8 Å². The number of Topliss-reactive ketones (excluding diaryl/α,β-unsaturated/α-hetero) is 2. The minimum absolute atomic E-state index is 0.0513. The molecule has 1 aromatic rings. The highest BCUT2D eigenvalue weighted by Gasteiger charge is 2.47. The summed E-state index contributed by atoms with van der Waals surface area (Å²) in [6, 6.07) is 4.22. The van der Waals surface area contributed by atoms with E-state index in [9.17, 15) is 29.7 Å². The van der Waals surface area contributed by atoms with Gasteiger partial charge in [-0.15, -0.1) is 0 Å². The molecule has 8 nitrogen and oxygen atoms in total. The second kappa shape index (κ2) is 6.22. The summed E-state index contributed by atoms with van der Waals surface area (Å²) in [6.07, 6.45) is 1.34. The summed E-state index contributed by atoms with van der Waals surface area (Å²) in [7, 11) is 0. The van der Waals surface area contributed by atoms with Crippen molar-refractivity contribution in [2.24, 2.45) is 0 Å². The first kappa shape index (κ1) is 18.3. The maximum absolute atomic E-state index is 12.6. The van der Waals surface area contributed by atoms with Crippen LogP contribution in [0.15, 0.2) is 52.1 Å². The maximum atomic E-state index is 12.6. The van der Waals surface area contributed by atoms with E-state index in [2.05, 4.69) is 5.32 Å². The molecular weight excluding hydrogens is 390 g/mol. The number of hydrogen-bond donors (Lipinski definition) is 4. The Morgan fingerprint density at radius 3 is 2.64 bits per heavy atom. The first-order chi connectivity index (χ1) is 13.2. The van der Waals surface area contributed by atoms with Crippen LogP contribution in [-0.4, -0.2) is 39.4 Å². The number of benzene rings is 1. The number of carbonyl (C=O) groups excluding carboxylic acids is 3. The van der Waals surface area contributed by atoms with Crippen LogP contribution in [-0.2, 0) is 19.9 Å². The van der Waals surface area contributed by atoms with Gasteiger partial charge < -0.3 is 25.4 Å². The zero-order valence-corrected chi connectivity index (χ0v) is 15.0. The van der Waals surface area contributed by atoms with Crippen molar-refractivity contribution in [2.75, 3.05) is 6.61 Å². The third-order valence-corrected chi connectivity index (χ3v) is 5.30. The number of halogens is 1. The summed E-state index contributed by atoms with van der Waals surface area (Å²) in [5.41, 5.74) is -2.11. The van der Waals surface area contributed by atoms with Crippen LogP contribution < -0.4 is 5.32 Å². The summed E-state index contributed by atoms with van der Waals surface area (Å²) >= 11 is 6.14. The second-order valence-electron chi connectivity index (χ2n) is 6.61. The van der Waals surface area contributed by atoms with Gasteiger partial charge >= 0.3 is 0 Å². The molecule has 3 aliphatic rings. The molecule has 0 unspecified atom stereocenters. The Morgan fingerprint density at radius 1 is 1.21 bits per heavy atom. The van der Waals surface area contributed by atoms with Crippen LogP contribution in [0, 0.1) is 0 Å². The highest BCUT2D eigenvalue weighted by atomic mass is 35.5. The lowest BCUT2D eigenvalue weighted by Crippen LogP contribution is -2.43. The van der Waals surface area contributed by atoms with Gasteiger partial charge in [0, 0.05) is 24.0 Å². The fourth-order valence-corrected chi connectivity index (χ4v) is 3.77. The van der Waals surface area contributed by atoms with Crippen LogP contribution in [0.4, 0.5) is 0 Å². The molecule has 2 aliphatic carbocycles. The molecule has 0 aromatic heterocycles. The molecule has 9 heteroatoms. The summed E-state index contributed by atoms with van der Waals surface area (Å²) in [5, 5.41) is 32.7. The molecule has 4 rings (SSSR count). The fourth-order valence-electron chi connectivity index (χ4n) is 3.47. The predicted octanol–water partition coefficient (Wildman–Crippen LogP) is 1.43.